The average Bonchev–Trinajstić information content (AvgIpc) is 3.66. The van der Waals surface area contributed by atoms with E-state index in [-0.39, 0.29) is 0 Å². The van der Waals surface area contributed by atoms with Gasteiger partial charge in [-0.05, 0) is 49.9 Å². The van der Waals surface area contributed by atoms with Gasteiger partial charge in [0.2, 0.25) is 0 Å². The normalized spacial score (nSPS) is 20.3. The van der Waals surface area contributed by atoms with Crippen molar-refractivity contribution in [2.75, 3.05) is 13.1 Å². The highest BCUT2D eigenvalue weighted by Gasteiger charge is 2.22. The van der Waals surface area contributed by atoms with Crippen molar-refractivity contribution >= 4 is 0 Å². The molecule has 2 aliphatic heterocycles. The Bertz CT molecular complexity index is 1170. The molecule has 6 nitrogen and oxygen atoms in total. The van der Waals surface area contributed by atoms with E-state index in [2.05, 4.69) is 94.8 Å². The van der Waals surface area contributed by atoms with Gasteiger partial charge < -0.3 is 19.8 Å². The fraction of sp³-hybridized carbons (Fsp3) is 0.357. The summed E-state index contributed by atoms with van der Waals surface area (Å²) < 4.78 is 4.33. The maximum atomic E-state index is 4.93. The molecule has 4 aromatic rings. The second kappa shape index (κ2) is 8.85. The van der Waals surface area contributed by atoms with Crippen LogP contribution < -0.4 is 10.6 Å². The van der Waals surface area contributed by atoms with Gasteiger partial charge in [-0.25, -0.2) is 9.97 Å². The van der Waals surface area contributed by atoms with Crippen LogP contribution in [0.1, 0.15) is 49.4 Å². The van der Waals surface area contributed by atoms with E-state index in [0.29, 0.717) is 12.1 Å². The smallest absolute Gasteiger partial charge is 0.126 e. The fourth-order valence-electron chi connectivity index (χ4n) is 5.36. The van der Waals surface area contributed by atoms with Crippen LogP contribution in [-0.2, 0) is 14.1 Å². The van der Waals surface area contributed by atoms with Crippen molar-refractivity contribution < 1.29 is 0 Å². The molecule has 2 fully saturated rings. The number of imidazole rings is 2. The van der Waals surface area contributed by atoms with Gasteiger partial charge in [0.05, 0.1) is 23.5 Å². The molecule has 0 amide bonds. The van der Waals surface area contributed by atoms with Crippen LogP contribution in [0.15, 0.2) is 60.9 Å². The molecule has 2 N–H and O–H groups in total. The molecule has 0 radical (unpaired) electrons. The molecule has 4 heterocycles. The van der Waals surface area contributed by atoms with Crippen molar-refractivity contribution in [3.05, 3.63) is 72.6 Å². The molecule has 0 saturated carbocycles. The van der Waals surface area contributed by atoms with Gasteiger partial charge in [0.15, 0.2) is 0 Å². The van der Waals surface area contributed by atoms with Gasteiger partial charge in [0.1, 0.15) is 11.6 Å². The topological polar surface area (TPSA) is 59.7 Å². The molecule has 174 valence electrons. The molecule has 0 spiro atoms. The zero-order valence-corrected chi connectivity index (χ0v) is 20.0. The molecule has 2 saturated heterocycles. The van der Waals surface area contributed by atoms with Crippen LogP contribution in [0.5, 0.6) is 0 Å². The molecule has 0 unspecified atom stereocenters. The summed E-state index contributed by atoms with van der Waals surface area (Å²) in [7, 11) is 4.19. The Morgan fingerprint density at radius 1 is 0.618 bits per heavy atom. The van der Waals surface area contributed by atoms with Gasteiger partial charge in [-0.1, -0.05) is 48.5 Å². The lowest BCUT2D eigenvalue weighted by molar-refractivity contribution is 0.580. The summed E-state index contributed by atoms with van der Waals surface area (Å²) in [5, 5.41) is 7.10. The first-order chi connectivity index (χ1) is 16.7. The first-order valence-electron chi connectivity index (χ1n) is 12.4. The number of rotatable bonds is 5. The van der Waals surface area contributed by atoms with Crippen LogP contribution in [0.2, 0.25) is 0 Å². The summed E-state index contributed by atoms with van der Waals surface area (Å²) in [4.78, 5) is 9.87. The van der Waals surface area contributed by atoms with Gasteiger partial charge in [-0.2, -0.15) is 0 Å². The zero-order valence-electron chi connectivity index (χ0n) is 20.0. The minimum absolute atomic E-state index is 0.376. The number of aromatic nitrogens is 4. The largest absolute Gasteiger partial charge is 0.336 e. The van der Waals surface area contributed by atoms with E-state index >= 15 is 0 Å². The van der Waals surface area contributed by atoms with E-state index in [1.807, 2.05) is 0 Å². The maximum Gasteiger partial charge on any atom is 0.126 e. The quantitative estimate of drug-likeness (QED) is 0.447. The maximum absolute atomic E-state index is 4.93. The summed E-state index contributed by atoms with van der Waals surface area (Å²) in [6, 6.07) is 18.2. The number of hydrogen-bond acceptors (Lipinski definition) is 4. The first kappa shape index (κ1) is 21.3. The summed E-state index contributed by atoms with van der Waals surface area (Å²) in [5.74, 6) is 2.27. The van der Waals surface area contributed by atoms with E-state index in [0.717, 1.165) is 60.1 Å². The minimum atomic E-state index is 0.376. The summed E-state index contributed by atoms with van der Waals surface area (Å²) in [6.45, 7) is 2.17. The zero-order chi connectivity index (χ0) is 23.1. The minimum Gasteiger partial charge on any atom is -0.336 e. The van der Waals surface area contributed by atoms with Crippen LogP contribution in [0, 0.1) is 0 Å². The third kappa shape index (κ3) is 3.97. The van der Waals surface area contributed by atoms with Gasteiger partial charge >= 0.3 is 0 Å². The van der Waals surface area contributed by atoms with Crippen molar-refractivity contribution in [3.63, 3.8) is 0 Å². The fourth-order valence-corrected chi connectivity index (χ4v) is 5.36. The van der Waals surface area contributed by atoms with Gasteiger partial charge in [-0.15, -0.1) is 0 Å². The Labute approximate surface area is 201 Å². The third-order valence-electron chi connectivity index (χ3n) is 7.26. The van der Waals surface area contributed by atoms with Crippen molar-refractivity contribution in [2.24, 2.45) is 14.1 Å². The molecular formula is C28H32N6. The van der Waals surface area contributed by atoms with E-state index in [9.17, 15) is 0 Å². The number of nitrogens with zero attached hydrogens (tertiary/aromatic N) is 4. The summed E-state index contributed by atoms with van der Waals surface area (Å²) in [5.41, 5.74) is 6.80. The summed E-state index contributed by atoms with van der Waals surface area (Å²) >= 11 is 0. The number of benzene rings is 2. The highest BCUT2D eigenvalue weighted by molar-refractivity contribution is 5.71. The number of nitrogens with one attached hydrogen (secondary N) is 2. The Kier molecular flexibility index (Phi) is 5.55. The van der Waals surface area contributed by atoms with Crippen molar-refractivity contribution in [3.8, 4) is 33.6 Å². The molecule has 0 bridgehead atoms. The van der Waals surface area contributed by atoms with Crippen LogP contribution in [0.4, 0.5) is 0 Å². The molecule has 2 atom stereocenters. The van der Waals surface area contributed by atoms with Crippen LogP contribution in [0.25, 0.3) is 33.6 Å². The average molecular weight is 453 g/mol. The standard InChI is InChI=1S/C28H32N6/c1-33-17-25(31-27(33)23-5-3-15-29-23)21-11-7-19(8-12-21)20-9-13-22(14-10-20)26-18-34(2)28(32-26)24-6-4-16-30-24/h7-14,17-18,23-24,29-30H,3-6,15-16H2,1-2H3/t23-,24-/m0/s1. The van der Waals surface area contributed by atoms with Crippen LogP contribution >= 0.6 is 0 Å². The predicted octanol–water partition coefficient (Wildman–Crippen LogP) is 5.00. The first-order valence-corrected chi connectivity index (χ1v) is 12.4. The highest BCUT2D eigenvalue weighted by atomic mass is 15.1. The summed E-state index contributed by atoms with van der Waals surface area (Å²) in [6.07, 6.45) is 9.05. The Morgan fingerprint density at radius 2 is 1.00 bits per heavy atom. The van der Waals surface area contributed by atoms with E-state index in [1.165, 1.54) is 24.0 Å². The molecule has 2 aliphatic rings. The second-order valence-corrected chi connectivity index (χ2v) is 9.64. The van der Waals surface area contributed by atoms with Crippen molar-refractivity contribution in [1.29, 1.82) is 0 Å². The number of hydrogen-bond donors (Lipinski definition) is 2. The SMILES string of the molecule is Cn1cc(-c2ccc(-c3ccc(-c4cn(C)c([C@@H]5CCCN5)n4)cc3)cc2)nc1[C@@H]1CCCN1. The Balaban J connectivity index is 1.20. The van der Waals surface area contributed by atoms with Crippen LogP contribution in [0.3, 0.4) is 0 Å². The lowest BCUT2D eigenvalue weighted by Gasteiger charge is -2.09. The Morgan fingerprint density at radius 3 is 1.35 bits per heavy atom. The molecule has 6 rings (SSSR count). The molecular weight excluding hydrogens is 420 g/mol. The van der Waals surface area contributed by atoms with E-state index in [4.69, 9.17) is 9.97 Å². The molecule has 34 heavy (non-hydrogen) atoms. The second-order valence-electron chi connectivity index (χ2n) is 9.64. The third-order valence-corrected chi connectivity index (χ3v) is 7.26. The lowest BCUT2D eigenvalue weighted by Crippen LogP contribution is -2.16. The lowest BCUT2D eigenvalue weighted by atomic mass is 10.0. The molecule has 2 aromatic carbocycles. The van der Waals surface area contributed by atoms with Gasteiger partial charge in [0.25, 0.3) is 0 Å². The molecule has 2 aromatic heterocycles. The van der Waals surface area contributed by atoms with E-state index < -0.39 is 0 Å². The van der Waals surface area contributed by atoms with Crippen molar-refractivity contribution in [2.45, 2.75) is 37.8 Å². The van der Waals surface area contributed by atoms with Crippen molar-refractivity contribution in [1.82, 2.24) is 29.7 Å². The monoisotopic (exact) mass is 452 g/mol. The van der Waals surface area contributed by atoms with E-state index in [1.54, 1.807) is 0 Å². The molecule has 0 aliphatic carbocycles. The number of aryl methyl sites for hydroxylation is 2. The predicted molar refractivity (Wildman–Crippen MR) is 136 cm³/mol. The van der Waals surface area contributed by atoms with Gasteiger partial charge in [0, 0.05) is 37.6 Å². The highest BCUT2D eigenvalue weighted by Crippen LogP contribution is 2.30. The molecule has 6 heteroatoms. The van der Waals surface area contributed by atoms with Crippen LogP contribution in [-0.4, -0.2) is 32.2 Å². The Hall–Kier alpha value is -3.22. The van der Waals surface area contributed by atoms with Gasteiger partial charge in [-0.3, -0.25) is 0 Å².